The van der Waals surface area contributed by atoms with Crippen LogP contribution < -0.4 is 10.1 Å². The summed E-state index contributed by atoms with van der Waals surface area (Å²) in [6, 6.07) is 29.0. The number of carbonyl (C=O) groups excluding carboxylic acids is 1. The van der Waals surface area contributed by atoms with E-state index in [1.54, 1.807) is 6.07 Å². The smallest absolute Gasteiger partial charge is 0.303 e. The summed E-state index contributed by atoms with van der Waals surface area (Å²) < 4.78 is 5.83. The molecule has 2 N–H and O–H groups in total. The van der Waals surface area contributed by atoms with Gasteiger partial charge >= 0.3 is 5.97 Å². The van der Waals surface area contributed by atoms with Crippen LogP contribution in [0, 0.1) is 0 Å². The third-order valence-electron chi connectivity index (χ3n) is 5.80. The Morgan fingerprint density at radius 2 is 1.62 bits per heavy atom. The number of hydrogen-bond acceptors (Lipinski definition) is 3. The van der Waals surface area contributed by atoms with E-state index < -0.39 is 5.97 Å². The van der Waals surface area contributed by atoms with E-state index in [4.69, 9.17) is 9.84 Å². The van der Waals surface area contributed by atoms with Crippen molar-refractivity contribution < 1.29 is 19.4 Å². The van der Waals surface area contributed by atoms with Gasteiger partial charge in [0.1, 0.15) is 12.4 Å². The normalized spacial score (nSPS) is 11.7. The average molecular weight is 454 g/mol. The lowest BCUT2D eigenvalue weighted by molar-refractivity contribution is -0.136. The van der Waals surface area contributed by atoms with Gasteiger partial charge in [-0.25, -0.2) is 0 Å². The summed E-state index contributed by atoms with van der Waals surface area (Å²) in [6.07, 6.45) is 0.239. The van der Waals surface area contributed by atoms with Crippen LogP contribution in [0.4, 0.5) is 0 Å². The minimum absolute atomic E-state index is 0.0413. The van der Waals surface area contributed by atoms with Crippen molar-refractivity contribution in [2.45, 2.75) is 32.4 Å². The number of carboxylic acids is 1. The Labute approximate surface area is 199 Å². The fraction of sp³-hybridized carbons (Fsp3) is 0.172. The summed E-state index contributed by atoms with van der Waals surface area (Å²) >= 11 is 0. The summed E-state index contributed by atoms with van der Waals surface area (Å²) in [4.78, 5) is 24.4. The van der Waals surface area contributed by atoms with Gasteiger partial charge in [-0.1, -0.05) is 66.7 Å². The number of amides is 1. The molecule has 0 heterocycles. The number of rotatable bonds is 9. The number of aryl methyl sites for hydroxylation is 1. The number of para-hydroxylation sites is 1. The van der Waals surface area contributed by atoms with Gasteiger partial charge in [0.2, 0.25) is 0 Å². The maximum absolute atomic E-state index is 13.3. The van der Waals surface area contributed by atoms with Gasteiger partial charge in [-0.2, -0.15) is 0 Å². The highest BCUT2D eigenvalue weighted by Gasteiger charge is 2.17. The van der Waals surface area contributed by atoms with Crippen LogP contribution in [0.5, 0.6) is 5.75 Å². The maximum Gasteiger partial charge on any atom is 0.303 e. The molecule has 4 aromatic carbocycles. The Bertz CT molecular complexity index is 1300. The zero-order valence-electron chi connectivity index (χ0n) is 19.0. The fourth-order valence-corrected chi connectivity index (χ4v) is 3.90. The fourth-order valence-electron chi connectivity index (χ4n) is 3.90. The van der Waals surface area contributed by atoms with Gasteiger partial charge in [0, 0.05) is 12.0 Å². The topological polar surface area (TPSA) is 75.6 Å². The van der Waals surface area contributed by atoms with Crippen LogP contribution in [0.25, 0.3) is 10.8 Å². The minimum atomic E-state index is -0.896. The first-order valence-corrected chi connectivity index (χ1v) is 11.3. The minimum Gasteiger partial charge on any atom is -0.489 e. The molecule has 0 aromatic heterocycles. The third kappa shape index (κ3) is 5.81. The van der Waals surface area contributed by atoms with Crippen LogP contribution >= 0.6 is 0 Å². The first-order valence-electron chi connectivity index (χ1n) is 11.3. The molecular formula is C29H27NO4. The number of benzene rings is 4. The monoisotopic (exact) mass is 453 g/mol. The molecule has 5 nitrogen and oxygen atoms in total. The summed E-state index contributed by atoms with van der Waals surface area (Å²) in [5, 5.41) is 14.5. The quantitative estimate of drug-likeness (QED) is 0.329. The Kier molecular flexibility index (Phi) is 7.23. The predicted molar refractivity (Wildman–Crippen MR) is 133 cm³/mol. The molecule has 34 heavy (non-hydrogen) atoms. The highest BCUT2D eigenvalue weighted by atomic mass is 16.5. The molecule has 5 heteroatoms. The molecule has 0 saturated carbocycles. The van der Waals surface area contributed by atoms with Crippen molar-refractivity contribution in [1.82, 2.24) is 5.32 Å². The highest BCUT2D eigenvalue weighted by molar-refractivity contribution is 5.96. The second kappa shape index (κ2) is 10.7. The Morgan fingerprint density at radius 1 is 0.882 bits per heavy atom. The molecule has 0 bridgehead atoms. The highest BCUT2D eigenvalue weighted by Crippen LogP contribution is 2.22. The molecule has 0 aliphatic heterocycles. The van der Waals surface area contributed by atoms with Gasteiger partial charge in [-0.3, -0.25) is 9.59 Å². The van der Waals surface area contributed by atoms with E-state index >= 15 is 0 Å². The molecule has 0 radical (unpaired) electrons. The summed E-state index contributed by atoms with van der Waals surface area (Å²) in [5.41, 5.74) is 3.02. The molecule has 0 aliphatic rings. The van der Waals surface area contributed by atoms with Gasteiger partial charge in [-0.15, -0.1) is 0 Å². The first kappa shape index (κ1) is 23.1. The van der Waals surface area contributed by atoms with Crippen LogP contribution in [0.15, 0.2) is 91.0 Å². The van der Waals surface area contributed by atoms with Crippen LogP contribution in [-0.2, 0) is 17.8 Å². The van der Waals surface area contributed by atoms with E-state index in [-0.39, 0.29) is 24.8 Å². The average Bonchev–Trinajstić information content (AvgIpc) is 2.86. The van der Waals surface area contributed by atoms with Gasteiger partial charge in [-0.05, 0) is 65.1 Å². The molecule has 172 valence electrons. The van der Waals surface area contributed by atoms with Gasteiger partial charge < -0.3 is 15.2 Å². The SMILES string of the molecule is CC(NC(=O)c1cc(COc2ccccc2)ccc1CCC(=O)O)c1ccc2ccccc2c1. The van der Waals surface area contributed by atoms with Crippen LogP contribution in [0.3, 0.4) is 0 Å². The molecule has 0 saturated heterocycles. The standard InChI is InChI=1S/C29H27NO4/c1-20(24-14-13-22-7-5-6-8-25(22)18-24)30-29(33)27-17-21(11-12-23(27)15-16-28(31)32)19-34-26-9-3-2-4-10-26/h2-14,17-18,20H,15-16,19H2,1H3,(H,30,33)(H,31,32). The van der Waals surface area contributed by atoms with Gasteiger partial charge in [0.25, 0.3) is 5.91 Å². The Hall–Kier alpha value is -4.12. The van der Waals surface area contributed by atoms with E-state index in [1.165, 1.54) is 0 Å². The van der Waals surface area contributed by atoms with Crippen molar-refractivity contribution >= 4 is 22.6 Å². The summed E-state index contributed by atoms with van der Waals surface area (Å²) in [6.45, 7) is 2.25. The number of carboxylic acid groups (broad SMARTS) is 1. The molecule has 1 atom stereocenters. The third-order valence-corrected chi connectivity index (χ3v) is 5.80. The Morgan fingerprint density at radius 3 is 2.38 bits per heavy atom. The molecule has 0 fully saturated rings. The van der Waals surface area contributed by atoms with Crippen molar-refractivity contribution in [1.29, 1.82) is 0 Å². The summed E-state index contributed by atoms with van der Waals surface area (Å²) in [7, 11) is 0. The van der Waals surface area contributed by atoms with Crippen molar-refractivity contribution in [3.8, 4) is 5.75 Å². The molecule has 4 rings (SSSR count). The zero-order chi connectivity index (χ0) is 23.9. The number of nitrogens with one attached hydrogen (secondary N) is 1. The van der Waals surface area contributed by atoms with Gasteiger partial charge in [0.05, 0.1) is 6.04 Å². The van der Waals surface area contributed by atoms with E-state index in [0.717, 1.165) is 27.6 Å². The number of ether oxygens (including phenoxy) is 1. The summed E-state index contributed by atoms with van der Waals surface area (Å²) in [5.74, 6) is -0.386. The van der Waals surface area contributed by atoms with Gasteiger partial charge in [0.15, 0.2) is 0 Å². The Balaban J connectivity index is 1.54. The van der Waals surface area contributed by atoms with E-state index in [9.17, 15) is 9.59 Å². The van der Waals surface area contributed by atoms with Crippen LogP contribution in [-0.4, -0.2) is 17.0 Å². The van der Waals surface area contributed by atoms with Crippen LogP contribution in [0.1, 0.15) is 46.4 Å². The van der Waals surface area contributed by atoms with Crippen molar-refractivity contribution in [3.63, 3.8) is 0 Å². The number of carbonyl (C=O) groups is 2. The van der Waals surface area contributed by atoms with Crippen LogP contribution in [0.2, 0.25) is 0 Å². The second-order valence-electron chi connectivity index (χ2n) is 8.29. The molecular weight excluding hydrogens is 426 g/mol. The van der Waals surface area contributed by atoms with E-state index in [0.29, 0.717) is 17.7 Å². The predicted octanol–water partition coefficient (Wildman–Crippen LogP) is 5.93. The second-order valence-corrected chi connectivity index (χ2v) is 8.29. The maximum atomic E-state index is 13.3. The molecule has 0 spiro atoms. The molecule has 0 aliphatic carbocycles. The lowest BCUT2D eigenvalue weighted by atomic mass is 9.98. The van der Waals surface area contributed by atoms with Crippen molar-refractivity contribution in [2.24, 2.45) is 0 Å². The lowest BCUT2D eigenvalue weighted by Crippen LogP contribution is -2.28. The lowest BCUT2D eigenvalue weighted by Gasteiger charge is -2.18. The molecule has 4 aromatic rings. The number of aliphatic carboxylic acids is 1. The zero-order valence-corrected chi connectivity index (χ0v) is 19.0. The van der Waals surface area contributed by atoms with Crippen molar-refractivity contribution in [2.75, 3.05) is 0 Å². The van der Waals surface area contributed by atoms with Crippen molar-refractivity contribution in [3.05, 3.63) is 113 Å². The van der Waals surface area contributed by atoms with E-state index in [1.807, 2.05) is 79.7 Å². The van der Waals surface area contributed by atoms with E-state index in [2.05, 4.69) is 17.4 Å². The number of fused-ring (bicyclic) bond motifs is 1. The first-order chi connectivity index (χ1) is 16.5. The number of hydrogen-bond donors (Lipinski definition) is 2. The largest absolute Gasteiger partial charge is 0.489 e. The molecule has 1 amide bonds. The molecule has 1 unspecified atom stereocenters.